The highest BCUT2D eigenvalue weighted by molar-refractivity contribution is 6.12. The fourth-order valence-corrected chi connectivity index (χ4v) is 5.45. The lowest BCUT2D eigenvalue weighted by molar-refractivity contribution is 0.664. The molecule has 4 nitrogen and oxygen atoms in total. The van der Waals surface area contributed by atoms with Crippen LogP contribution in [0, 0.1) is 12.3 Å². The van der Waals surface area contributed by atoms with Crippen LogP contribution in [0.15, 0.2) is 113 Å². The Bertz CT molecular complexity index is 2130. The van der Waals surface area contributed by atoms with Crippen molar-refractivity contribution < 1.29 is 4.42 Å². The number of aromatic nitrogens is 3. The zero-order chi connectivity index (χ0) is 25.6. The molecular weight excluding hydrogens is 466 g/mol. The van der Waals surface area contributed by atoms with Gasteiger partial charge in [0.2, 0.25) is 0 Å². The number of fused-ring (bicyclic) bond motifs is 9. The van der Waals surface area contributed by atoms with Crippen molar-refractivity contribution in [2.24, 2.45) is 0 Å². The van der Waals surface area contributed by atoms with Gasteiger partial charge in [-0.15, -0.1) is 16.6 Å². The molecule has 0 aliphatic heterocycles. The molecule has 4 heteroatoms. The lowest BCUT2D eigenvalue weighted by Gasteiger charge is -2.11. The van der Waals surface area contributed by atoms with Crippen molar-refractivity contribution in [2.75, 3.05) is 0 Å². The highest BCUT2D eigenvalue weighted by atomic mass is 16.3. The summed E-state index contributed by atoms with van der Waals surface area (Å²) in [4.78, 5) is 0. The zero-order valence-electron chi connectivity index (χ0n) is 20.8. The van der Waals surface area contributed by atoms with E-state index < -0.39 is 0 Å². The van der Waals surface area contributed by atoms with Gasteiger partial charge < -0.3 is 4.42 Å². The normalized spacial score (nSPS) is 12.7. The molecule has 0 bridgehead atoms. The second kappa shape index (κ2) is 8.76. The fourth-order valence-electron chi connectivity index (χ4n) is 5.45. The lowest BCUT2D eigenvalue weighted by Crippen LogP contribution is -1.99. The molecule has 0 amide bonds. The van der Waals surface area contributed by atoms with Crippen LogP contribution in [0.4, 0.5) is 0 Å². The van der Waals surface area contributed by atoms with Gasteiger partial charge in [-0.2, -0.15) is 0 Å². The summed E-state index contributed by atoms with van der Waals surface area (Å²) in [6, 6.07) is 31.1. The Labute approximate surface area is 219 Å². The third kappa shape index (κ3) is 3.33. The van der Waals surface area contributed by atoms with Crippen LogP contribution in [0.25, 0.3) is 54.8 Å². The van der Waals surface area contributed by atoms with Crippen LogP contribution in [0.2, 0.25) is 0 Å². The van der Waals surface area contributed by atoms with E-state index in [4.69, 9.17) is 10.8 Å². The molecule has 0 fully saturated rings. The van der Waals surface area contributed by atoms with Crippen LogP contribution in [0.3, 0.4) is 0 Å². The number of pyridine rings is 1. The Kier molecular flexibility index (Phi) is 5.09. The molecule has 0 aliphatic rings. The Hall–Kier alpha value is -5.14. The largest absolute Gasteiger partial charge is 0.456 e. The van der Waals surface area contributed by atoms with E-state index in [-0.39, 0.29) is 0 Å². The standard InChI is InChI=1S/C34H23N3O/c1-3-11-24(22(2)20-21-23-12-10-17-28-27-15-7-9-19-31(27)38-32(23)28)33-35-36-34-29-16-5-4-13-25(29)26-14-6-8-18-30(26)37(33)34/h1,4-20H,21H2,2H3/b22-20-,24-11+. The second-order valence-corrected chi connectivity index (χ2v) is 9.45. The first-order valence-electron chi connectivity index (χ1n) is 12.6. The van der Waals surface area contributed by atoms with Gasteiger partial charge in [-0.3, -0.25) is 4.40 Å². The number of furan rings is 1. The van der Waals surface area contributed by atoms with Crippen LogP contribution in [-0.2, 0) is 6.42 Å². The number of terminal acetylenes is 1. The SMILES string of the molecule is C#C/C=C(\C(C)=C/Cc1cccc2c1oc1ccccc12)c1nnc2c3ccccc3c3ccccc3n12. The van der Waals surface area contributed by atoms with Crippen LogP contribution in [0.1, 0.15) is 18.3 Å². The molecule has 3 aromatic heterocycles. The van der Waals surface area contributed by atoms with Gasteiger partial charge >= 0.3 is 0 Å². The first-order chi connectivity index (χ1) is 18.7. The molecule has 7 aromatic rings. The highest BCUT2D eigenvalue weighted by Crippen LogP contribution is 2.34. The average Bonchev–Trinajstić information content (AvgIpc) is 3.57. The van der Waals surface area contributed by atoms with E-state index in [9.17, 15) is 0 Å². The Balaban J connectivity index is 1.37. The van der Waals surface area contributed by atoms with Crippen molar-refractivity contribution in [1.29, 1.82) is 0 Å². The summed E-state index contributed by atoms with van der Waals surface area (Å²) in [5, 5.41) is 14.9. The minimum Gasteiger partial charge on any atom is -0.456 e. The monoisotopic (exact) mass is 489 g/mol. The highest BCUT2D eigenvalue weighted by Gasteiger charge is 2.18. The Morgan fingerprint density at radius 2 is 1.53 bits per heavy atom. The quantitative estimate of drug-likeness (QED) is 0.142. The summed E-state index contributed by atoms with van der Waals surface area (Å²) >= 11 is 0. The number of allylic oxidation sites excluding steroid dienone is 4. The fraction of sp³-hybridized carbons (Fsp3) is 0.0588. The summed E-state index contributed by atoms with van der Waals surface area (Å²) in [6.07, 6.45) is 10.5. The number of nitrogens with zero attached hydrogens (tertiary/aromatic N) is 3. The van der Waals surface area contributed by atoms with Crippen LogP contribution >= 0.6 is 0 Å². The minimum absolute atomic E-state index is 0.700. The molecular formula is C34H23N3O. The molecule has 7 rings (SSSR count). The van der Waals surface area contributed by atoms with E-state index >= 15 is 0 Å². The number of hydrogen-bond acceptors (Lipinski definition) is 3. The molecule has 3 heterocycles. The predicted molar refractivity (Wildman–Crippen MR) is 156 cm³/mol. The first-order valence-corrected chi connectivity index (χ1v) is 12.6. The van der Waals surface area contributed by atoms with Crippen LogP contribution in [-0.4, -0.2) is 14.6 Å². The lowest BCUT2D eigenvalue weighted by atomic mass is 10.0. The van der Waals surface area contributed by atoms with E-state index in [2.05, 4.69) is 94.2 Å². The van der Waals surface area contributed by atoms with Crippen molar-refractivity contribution in [2.45, 2.75) is 13.3 Å². The van der Waals surface area contributed by atoms with Gasteiger partial charge in [-0.1, -0.05) is 90.9 Å². The number of hydrogen-bond donors (Lipinski definition) is 0. The summed E-state index contributed by atoms with van der Waals surface area (Å²) in [7, 11) is 0. The molecule has 38 heavy (non-hydrogen) atoms. The zero-order valence-corrected chi connectivity index (χ0v) is 20.8. The molecule has 0 radical (unpaired) electrons. The molecule has 0 unspecified atom stereocenters. The third-order valence-corrected chi connectivity index (χ3v) is 7.27. The van der Waals surface area contributed by atoms with Gasteiger partial charge in [-0.25, -0.2) is 0 Å². The van der Waals surface area contributed by atoms with Crippen molar-refractivity contribution in [3.8, 4) is 12.3 Å². The average molecular weight is 490 g/mol. The van der Waals surface area contributed by atoms with Crippen molar-refractivity contribution in [1.82, 2.24) is 14.6 Å². The number of benzene rings is 4. The number of para-hydroxylation sites is 3. The smallest absolute Gasteiger partial charge is 0.169 e. The molecule has 0 N–H and O–H groups in total. The van der Waals surface area contributed by atoms with Crippen LogP contribution < -0.4 is 0 Å². The topological polar surface area (TPSA) is 43.3 Å². The maximum absolute atomic E-state index is 6.24. The van der Waals surface area contributed by atoms with Crippen LogP contribution in [0.5, 0.6) is 0 Å². The summed E-state index contributed by atoms with van der Waals surface area (Å²) in [5.41, 5.74) is 6.71. The molecule has 0 atom stereocenters. The molecule has 0 spiro atoms. The van der Waals surface area contributed by atoms with Gasteiger partial charge in [0.1, 0.15) is 11.2 Å². The maximum atomic E-state index is 6.24. The van der Waals surface area contributed by atoms with E-state index in [1.807, 2.05) is 30.3 Å². The van der Waals surface area contributed by atoms with E-state index in [1.165, 1.54) is 0 Å². The van der Waals surface area contributed by atoms with E-state index in [0.29, 0.717) is 6.42 Å². The summed E-state index contributed by atoms with van der Waals surface area (Å²) < 4.78 is 8.36. The molecule has 0 saturated carbocycles. The Morgan fingerprint density at radius 1 is 0.816 bits per heavy atom. The van der Waals surface area contributed by atoms with Gasteiger partial charge in [0.25, 0.3) is 0 Å². The van der Waals surface area contributed by atoms with Gasteiger partial charge in [-0.05, 0) is 48.1 Å². The Morgan fingerprint density at radius 3 is 2.37 bits per heavy atom. The van der Waals surface area contributed by atoms with Gasteiger partial charge in [0, 0.05) is 27.1 Å². The first kappa shape index (κ1) is 22.1. The molecule has 4 aromatic carbocycles. The van der Waals surface area contributed by atoms with Crippen molar-refractivity contribution in [3.63, 3.8) is 0 Å². The van der Waals surface area contributed by atoms with E-state index in [1.54, 1.807) is 6.08 Å². The van der Waals surface area contributed by atoms with E-state index in [0.717, 1.165) is 71.8 Å². The summed E-state index contributed by atoms with van der Waals surface area (Å²) in [6.45, 7) is 2.08. The van der Waals surface area contributed by atoms with Gasteiger partial charge in [0.05, 0.1) is 5.52 Å². The third-order valence-electron chi connectivity index (χ3n) is 7.27. The van der Waals surface area contributed by atoms with Crippen molar-refractivity contribution in [3.05, 3.63) is 120 Å². The maximum Gasteiger partial charge on any atom is 0.169 e. The predicted octanol–water partition coefficient (Wildman–Crippen LogP) is 8.14. The molecule has 0 saturated heterocycles. The minimum atomic E-state index is 0.700. The molecule has 0 aliphatic carbocycles. The van der Waals surface area contributed by atoms with Crippen molar-refractivity contribution >= 4 is 54.8 Å². The number of rotatable bonds is 4. The molecule has 180 valence electrons. The second-order valence-electron chi connectivity index (χ2n) is 9.45. The summed E-state index contributed by atoms with van der Waals surface area (Å²) in [5.74, 6) is 3.46. The van der Waals surface area contributed by atoms with Gasteiger partial charge in [0.15, 0.2) is 11.5 Å².